The third-order valence-electron chi connectivity index (χ3n) is 3.15. The summed E-state index contributed by atoms with van der Waals surface area (Å²) in [5, 5.41) is 3.37. The molecule has 2 aromatic heterocycles. The van der Waals surface area contributed by atoms with Crippen LogP contribution in [-0.2, 0) is 6.54 Å². The van der Waals surface area contributed by atoms with Crippen molar-refractivity contribution < 1.29 is 0 Å². The van der Waals surface area contributed by atoms with Crippen LogP contribution < -0.4 is 5.32 Å². The van der Waals surface area contributed by atoms with Gasteiger partial charge in [-0.1, -0.05) is 6.07 Å². The molecule has 0 unspecified atom stereocenters. The summed E-state index contributed by atoms with van der Waals surface area (Å²) in [6, 6.07) is 6.10. The Hall–Kier alpha value is -0.910. The van der Waals surface area contributed by atoms with Gasteiger partial charge in [0.1, 0.15) is 5.65 Å². The molecular formula is C12H15BrN4. The number of piperazine rings is 1. The summed E-state index contributed by atoms with van der Waals surface area (Å²) in [6.07, 6.45) is 1.97. The van der Waals surface area contributed by atoms with Crippen LogP contribution in [0.2, 0.25) is 0 Å². The van der Waals surface area contributed by atoms with E-state index < -0.39 is 0 Å². The molecule has 1 N–H and O–H groups in total. The highest BCUT2D eigenvalue weighted by molar-refractivity contribution is 9.10. The van der Waals surface area contributed by atoms with Crippen LogP contribution in [0.1, 0.15) is 5.69 Å². The average molecular weight is 295 g/mol. The predicted molar refractivity (Wildman–Crippen MR) is 71.0 cm³/mol. The maximum absolute atomic E-state index is 4.44. The van der Waals surface area contributed by atoms with Crippen molar-refractivity contribution in [2.24, 2.45) is 0 Å². The maximum atomic E-state index is 4.44. The molecule has 0 radical (unpaired) electrons. The average Bonchev–Trinajstić information content (AvgIpc) is 2.75. The van der Waals surface area contributed by atoms with Crippen molar-refractivity contribution in [2.75, 3.05) is 26.2 Å². The van der Waals surface area contributed by atoms with Crippen LogP contribution in [0.25, 0.3) is 5.65 Å². The van der Waals surface area contributed by atoms with Crippen LogP contribution in [0.15, 0.2) is 29.0 Å². The van der Waals surface area contributed by atoms with E-state index >= 15 is 0 Å². The Kier molecular flexibility index (Phi) is 3.13. The monoisotopic (exact) mass is 294 g/mol. The number of fused-ring (bicyclic) bond motifs is 1. The minimum Gasteiger partial charge on any atom is -0.314 e. The number of halogens is 1. The van der Waals surface area contributed by atoms with Gasteiger partial charge in [0.05, 0.1) is 16.5 Å². The van der Waals surface area contributed by atoms with Gasteiger partial charge in [0.25, 0.3) is 0 Å². The first-order chi connectivity index (χ1) is 8.34. The van der Waals surface area contributed by atoms with Gasteiger partial charge in [-0.05, 0) is 28.1 Å². The number of imidazole rings is 1. The molecule has 0 aromatic carbocycles. The Labute approximate surface area is 109 Å². The molecule has 0 amide bonds. The number of hydrogen-bond donors (Lipinski definition) is 1. The number of rotatable bonds is 2. The van der Waals surface area contributed by atoms with E-state index in [9.17, 15) is 0 Å². The summed E-state index contributed by atoms with van der Waals surface area (Å²) >= 11 is 3.58. The Morgan fingerprint density at radius 1 is 1.29 bits per heavy atom. The minimum atomic E-state index is 0.964. The van der Waals surface area contributed by atoms with Gasteiger partial charge in [-0.3, -0.25) is 9.30 Å². The SMILES string of the molecule is Brc1cccc2ncc(CN3CCNCC3)n12. The van der Waals surface area contributed by atoms with Gasteiger partial charge < -0.3 is 5.32 Å². The number of nitrogens with one attached hydrogen (secondary N) is 1. The predicted octanol–water partition coefficient (Wildman–Crippen LogP) is 1.50. The van der Waals surface area contributed by atoms with Crippen LogP contribution >= 0.6 is 15.9 Å². The van der Waals surface area contributed by atoms with Crippen molar-refractivity contribution in [1.82, 2.24) is 19.6 Å². The first kappa shape index (κ1) is 11.2. The summed E-state index contributed by atoms with van der Waals surface area (Å²) in [7, 11) is 0. The molecule has 90 valence electrons. The largest absolute Gasteiger partial charge is 0.314 e. The number of nitrogens with zero attached hydrogens (tertiary/aromatic N) is 3. The van der Waals surface area contributed by atoms with E-state index in [2.05, 4.69) is 41.6 Å². The normalized spacial score (nSPS) is 17.7. The van der Waals surface area contributed by atoms with Crippen LogP contribution in [0, 0.1) is 0 Å². The zero-order valence-electron chi connectivity index (χ0n) is 9.56. The van der Waals surface area contributed by atoms with Gasteiger partial charge in [0.15, 0.2) is 0 Å². The van der Waals surface area contributed by atoms with E-state index in [1.54, 1.807) is 0 Å². The summed E-state index contributed by atoms with van der Waals surface area (Å²) in [4.78, 5) is 6.89. The lowest BCUT2D eigenvalue weighted by Crippen LogP contribution is -2.43. The molecule has 17 heavy (non-hydrogen) atoms. The van der Waals surface area contributed by atoms with E-state index in [-0.39, 0.29) is 0 Å². The molecule has 1 aliphatic rings. The highest BCUT2D eigenvalue weighted by atomic mass is 79.9. The zero-order valence-corrected chi connectivity index (χ0v) is 11.2. The van der Waals surface area contributed by atoms with Gasteiger partial charge in [-0.2, -0.15) is 0 Å². The van der Waals surface area contributed by atoms with Crippen molar-refractivity contribution in [2.45, 2.75) is 6.54 Å². The fourth-order valence-electron chi connectivity index (χ4n) is 2.27. The Morgan fingerprint density at radius 3 is 2.94 bits per heavy atom. The molecule has 0 bridgehead atoms. The fraction of sp³-hybridized carbons (Fsp3) is 0.417. The van der Waals surface area contributed by atoms with Crippen LogP contribution in [0.3, 0.4) is 0 Å². The van der Waals surface area contributed by atoms with Gasteiger partial charge in [-0.15, -0.1) is 0 Å². The molecule has 2 aromatic rings. The van der Waals surface area contributed by atoms with E-state index in [1.165, 1.54) is 5.69 Å². The molecule has 1 aliphatic heterocycles. The highest BCUT2D eigenvalue weighted by Gasteiger charge is 2.13. The van der Waals surface area contributed by atoms with E-state index in [0.29, 0.717) is 0 Å². The molecule has 3 heterocycles. The second kappa shape index (κ2) is 4.76. The molecule has 0 aliphatic carbocycles. The first-order valence-electron chi connectivity index (χ1n) is 5.88. The third-order valence-corrected chi connectivity index (χ3v) is 3.77. The van der Waals surface area contributed by atoms with E-state index in [0.717, 1.165) is 43.0 Å². The van der Waals surface area contributed by atoms with Crippen molar-refractivity contribution in [3.8, 4) is 0 Å². The highest BCUT2D eigenvalue weighted by Crippen LogP contribution is 2.17. The van der Waals surface area contributed by atoms with Crippen molar-refractivity contribution in [3.05, 3.63) is 34.7 Å². The van der Waals surface area contributed by atoms with Crippen LogP contribution in [-0.4, -0.2) is 40.5 Å². The standard InChI is InChI=1S/C12H15BrN4/c13-11-2-1-3-12-15-8-10(17(11)12)9-16-6-4-14-5-7-16/h1-3,8,14H,4-7,9H2. The van der Waals surface area contributed by atoms with Crippen molar-refractivity contribution in [1.29, 1.82) is 0 Å². The van der Waals surface area contributed by atoms with Gasteiger partial charge in [0.2, 0.25) is 0 Å². The zero-order chi connectivity index (χ0) is 11.7. The number of aromatic nitrogens is 2. The first-order valence-corrected chi connectivity index (χ1v) is 6.68. The second-order valence-electron chi connectivity index (χ2n) is 4.32. The fourth-order valence-corrected chi connectivity index (χ4v) is 2.83. The lowest BCUT2D eigenvalue weighted by atomic mass is 10.3. The lowest BCUT2D eigenvalue weighted by Gasteiger charge is -2.26. The van der Waals surface area contributed by atoms with Gasteiger partial charge in [-0.25, -0.2) is 4.98 Å². The maximum Gasteiger partial charge on any atom is 0.137 e. The van der Waals surface area contributed by atoms with Gasteiger partial charge in [0, 0.05) is 32.7 Å². The Bertz CT molecular complexity index is 516. The molecule has 4 nitrogen and oxygen atoms in total. The number of pyridine rings is 1. The number of hydrogen-bond acceptors (Lipinski definition) is 3. The van der Waals surface area contributed by atoms with Crippen LogP contribution in [0.4, 0.5) is 0 Å². The summed E-state index contributed by atoms with van der Waals surface area (Å²) < 4.78 is 3.24. The Morgan fingerprint density at radius 2 is 2.12 bits per heavy atom. The Balaban J connectivity index is 1.89. The second-order valence-corrected chi connectivity index (χ2v) is 5.13. The van der Waals surface area contributed by atoms with Crippen molar-refractivity contribution in [3.63, 3.8) is 0 Å². The molecule has 3 rings (SSSR count). The quantitative estimate of drug-likeness (QED) is 0.852. The summed E-state index contributed by atoms with van der Waals surface area (Å²) in [5.41, 5.74) is 2.25. The summed E-state index contributed by atoms with van der Waals surface area (Å²) in [5.74, 6) is 0. The smallest absolute Gasteiger partial charge is 0.137 e. The van der Waals surface area contributed by atoms with Crippen molar-refractivity contribution >= 4 is 21.6 Å². The molecule has 1 saturated heterocycles. The molecule has 0 atom stereocenters. The molecular weight excluding hydrogens is 280 g/mol. The van der Waals surface area contributed by atoms with E-state index in [1.807, 2.05) is 18.3 Å². The molecule has 0 spiro atoms. The topological polar surface area (TPSA) is 32.6 Å². The van der Waals surface area contributed by atoms with E-state index in [4.69, 9.17) is 0 Å². The van der Waals surface area contributed by atoms with Crippen LogP contribution in [0.5, 0.6) is 0 Å². The lowest BCUT2D eigenvalue weighted by molar-refractivity contribution is 0.230. The molecule has 0 saturated carbocycles. The third kappa shape index (κ3) is 2.22. The molecule has 1 fully saturated rings. The molecule has 5 heteroatoms. The van der Waals surface area contributed by atoms with Gasteiger partial charge >= 0.3 is 0 Å². The minimum absolute atomic E-state index is 0.964. The summed E-state index contributed by atoms with van der Waals surface area (Å²) in [6.45, 7) is 5.34.